The third-order valence-corrected chi connectivity index (χ3v) is 8.76. The van der Waals surface area contributed by atoms with E-state index in [4.69, 9.17) is 18.9 Å². The van der Waals surface area contributed by atoms with Crippen LogP contribution in [0.3, 0.4) is 0 Å². The number of amides is 3. The molecule has 16 nitrogen and oxygen atoms in total. The molecule has 0 radical (unpaired) electrons. The lowest BCUT2D eigenvalue weighted by Gasteiger charge is -2.36. The highest BCUT2D eigenvalue weighted by Gasteiger charge is 2.52. The van der Waals surface area contributed by atoms with Gasteiger partial charge in [-0.2, -0.15) is 0 Å². The summed E-state index contributed by atoms with van der Waals surface area (Å²) in [6.07, 6.45) is 2.64. The monoisotopic (exact) mass is 675 g/mol. The van der Waals surface area contributed by atoms with Gasteiger partial charge in [0.1, 0.15) is 12.6 Å². The van der Waals surface area contributed by atoms with Gasteiger partial charge in [-0.1, -0.05) is 6.42 Å². The van der Waals surface area contributed by atoms with Gasteiger partial charge in [-0.3, -0.25) is 19.3 Å². The number of carbonyl (C=O) groups excluding carboxylic acids is 3. The van der Waals surface area contributed by atoms with Crippen LogP contribution in [0.5, 0.6) is 0 Å². The Kier molecular flexibility index (Phi) is 17.8. The van der Waals surface area contributed by atoms with Gasteiger partial charge in [-0.05, 0) is 45.4 Å². The number of hydrogen-bond acceptors (Lipinski definition) is 12. The van der Waals surface area contributed by atoms with Gasteiger partial charge in [0.05, 0.1) is 51.7 Å². The number of carbonyl (C=O) groups is 3. The molecule has 2 aliphatic heterocycles. The van der Waals surface area contributed by atoms with Gasteiger partial charge in [-0.15, -0.1) is 0 Å². The van der Waals surface area contributed by atoms with Crippen LogP contribution in [0, 0.1) is 10.6 Å². The average molecular weight is 676 g/mol. The highest BCUT2D eigenvalue weighted by molar-refractivity contribution is 5.81. The summed E-state index contributed by atoms with van der Waals surface area (Å²) in [6, 6.07) is 0. The fourth-order valence-corrected chi connectivity index (χ4v) is 5.84. The molecule has 1 aliphatic carbocycles. The topological polar surface area (TPSA) is 216 Å². The lowest BCUT2D eigenvalue weighted by molar-refractivity contribution is -0.848. The minimum Gasteiger partial charge on any atom is -0.634 e. The summed E-state index contributed by atoms with van der Waals surface area (Å²) in [4.78, 5) is 38.6. The molecule has 272 valence electrons. The van der Waals surface area contributed by atoms with Gasteiger partial charge < -0.3 is 60.5 Å². The third kappa shape index (κ3) is 14.6. The van der Waals surface area contributed by atoms with Crippen LogP contribution in [0.4, 0.5) is 0 Å². The summed E-state index contributed by atoms with van der Waals surface area (Å²) in [7, 11) is 0. The van der Waals surface area contributed by atoms with Crippen LogP contribution in [0.15, 0.2) is 0 Å². The van der Waals surface area contributed by atoms with Crippen molar-refractivity contribution >= 4 is 17.7 Å². The summed E-state index contributed by atoms with van der Waals surface area (Å²) >= 11 is 0. The fourth-order valence-electron chi connectivity index (χ4n) is 5.84. The molecule has 47 heavy (non-hydrogen) atoms. The van der Waals surface area contributed by atoms with Gasteiger partial charge in [0.25, 0.3) is 0 Å². The normalized spacial score (nSPS) is 25.8. The minimum absolute atomic E-state index is 0.0151. The first kappa shape index (κ1) is 39.4. The Morgan fingerprint density at radius 1 is 0.957 bits per heavy atom. The fraction of sp³-hybridized carbons (Fsp3) is 0.903. The van der Waals surface area contributed by atoms with Gasteiger partial charge >= 0.3 is 0 Å². The number of nitrogens with one attached hydrogen (secondary N) is 4. The molecule has 0 bridgehead atoms. The van der Waals surface area contributed by atoms with Gasteiger partial charge in [0.2, 0.25) is 17.7 Å². The molecule has 2 heterocycles. The van der Waals surface area contributed by atoms with E-state index in [0.717, 1.165) is 38.5 Å². The number of unbranched alkanes of at least 4 members (excludes halogenated alkanes) is 2. The van der Waals surface area contributed by atoms with Crippen molar-refractivity contribution in [2.45, 2.75) is 95.6 Å². The standard InChI is InChI=1S/C31H57N5O11/c1-2-32-25(39)7-4-3-5-11-33-26(40)20-35(13-14-36(43)15-18-46-30-31(9-10-31)8-6-16-45-30)21-27(41)34-12-17-44-29-28(42)24(38)19-23(22-37)47-29/h23-24,28-30,36-38,42H,2-22H2,1H3,(H,32,39)(H,33,40)(H,34,41)/t23-,24-,28-,29+,30-/m0/s1. The summed E-state index contributed by atoms with van der Waals surface area (Å²) in [5.41, 5.74) is 0.125. The summed E-state index contributed by atoms with van der Waals surface area (Å²) in [5.74, 6) is -0.642. The Balaban J connectivity index is 1.39. The summed E-state index contributed by atoms with van der Waals surface area (Å²) in [5, 5.41) is 50.3. The van der Waals surface area contributed by atoms with Crippen molar-refractivity contribution in [1.29, 1.82) is 0 Å². The van der Waals surface area contributed by atoms with E-state index in [2.05, 4.69) is 16.0 Å². The van der Waals surface area contributed by atoms with Crippen molar-refractivity contribution in [3.63, 3.8) is 0 Å². The second-order valence-corrected chi connectivity index (χ2v) is 12.7. The van der Waals surface area contributed by atoms with E-state index in [0.29, 0.717) is 32.5 Å². The van der Waals surface area contributed by atoms with E-state index in [9.17, 15) is 34.9 Å². The Hall–Kier alpha value is -1.99. The van der Waals surface area contributed by atoms with Crippen LogP contribution >= 0.6 is 0 Å². The van der Waals surface area contributed by atoms with Crippen LogP contribution in [-0.2, 0) is 33.3 Å². The van der Waals surface area contributed by atoms with Crippen LogP contribution < -0.4 is 21.0 Å². The molecule has 3 aliphatic rings. The van der Waals surface area contributed by atoms with Gasteiger partial charge in [-0.25, -0.2) is 0 Å². The first-order chi connectivity index (χ1) is 22.7. The maximum atomic E-state index is 12.7. The van der Waals surface area contributed by atoms with E-state index >= 15 is 0 Å². The molecule has 6 atom stereocenters. The third-order valence-electron chi connectivity index (χ3n) is 8.76. The Morgan fingerprint density at radius 2 is 1.70 bits per heavy atom. The molecule has 16 heteroatoms. The molecule has 3 rings (SSSR count). The molecule has 1 spiro atoms. The zero-order chi connectivity index (χ0) is 34.1. The van der Waals surface area contributed by atoms with Crippen molar-refractivity contribution < 1.29 is 53.7 Å². The zero-order valence-electron chi connectivity index (χ0n) is 27.8. The van der Waals surface area contributed by atoms with E-state index in [1.165, 1.54) is 0 Å². The molecule has 1 unspecified atom stereocenters. The van der Waals surface area contributed by atoms with Crippen LogP contribution in [0.25, 0.3) is 0 Å². The molecule has 3 fully saturated rings. The molecule has 2 saturated heterocycles. The molecule has 0 aromatic carbocycles. The lowest BCUT2D eigenvalue weighted by Crippen LogP contribution is -3.08. The number of aliphatic hydroxyl groups excluding tert-OH is 3. The maximum absolute atomic E-state index is 12.7. The van der Waals surface area contributed by atoms with E-state index < -0.39 is 24.6 Å². The molecule has 0 aromatic heterocycles. The highest BCUT2D eigenvalue weighted by atomic mass is 16.7. The number of hydrogen-bond donors (Lipinski definition) is 7. The van der Waals surface area contributed by atoms with E-state index in [1.807, 2.05) is 6.92 Å². The molecular weight excluding hydrogens is 618 g/mol. The zero-order valence-corrected chi connectivity index (χ0v) is 27.8. The quantitative estimate of drug-likeness (QED) is 0.0438. The molecule has 0 aromatic rings. The molecule has 7 N–H and O–H groups in total. The maximum Gasteiger partial charge on any atom is 0.234 e. The lowest BCUT2D eigenvalue weighted by atomic mass is 9.97. The number of rotatable bonds is 23. The van der Waals surface area contributed by atoms with Crippen molar-refractivity contribution in [1.82, 2.24) is 20.9 Å². The van der Waals surface area contributed by atoms with Crippen LogP contribution in [-0.4, -0.2) is 148 Å². The van der Waals surface area contributed by atoms with Crippen molar-refractivity contribution in [2.75, 3.05) is 78.8 Å². The van der Waals surface area contributed by atoms with Crippen molar-refractivity contribution in [3.8, 4) is 0 Å². The first-order valence-corrected chi connectivity index (χ1v) is 17.2. The van der Waals surface area contributed by atoms with Gasteiger partial charge in [0, 0.05) is 51.0 Å². The number of quaternary nitrogens is 1. The Bertz CT molecular complexity index is 944. The van der Waals surface area contributed by atoms with Crippen LogP contribution in [0.2, 0.25) is 0 Å². The second-order valence-electron chi connectivity index (χ2n) is 12.7. The Labute approximate surface area is 277 Å². The van der Waals surface area contributed by atoms with E-state index in [1.54, 1.807) is 4.90 Å². The smallest absolute Gasteiger partial charge is 0.234 e. The van der Waals surface area contributed by atoms with Crippen molar-refractivity contribution in [3.05, 3.63) is 5.21 Å². The Morgan fingerprint density at radius 3 is 2.40 bits per heavy atom. The van der Waals surface area contributed by atoms with Crippen LogP contribution in [0.1, 0.15) is 64.7 Å². The summed E-state index contributed by atoms with van der Waals surface area (Å²) < 4.78 is 22.6. The summed E-state index contributed by atoms with van der Waals surface area (Å²) in [6.45, 7) is 3.93. The average Bonchev–Trinajstić information content (AvgIpc) is 3.82. The first-order valence-electron chi connectivity index (χ1n) is 17.2. The number of hydroxylamine groups is 2. The largest absolute Gasteiger partial charge is 0.634 e. The number of aliphatic hydroxyl groups is 3. The predicted molar refractivity (Wildman–Crippen MR) is 169 cm³/mol. The molecule has 1 saturated carbocycles. The second kappa shape index (κ2) is 21.2. The van der Waals surface area contributed by atoms with E-state index in [-0.39, 0.29) is 100.0 Å². The molecule has 3 amide bonds. The number of nitrogens with zero attached hydrogens (tertiary/aromatic N) is 1. The molecular formula is C31H57N5O11. The minimum atomic E-state index is -1.28. The SMILES string of the molecule is CCNC(=O)CCCCCNC(=O)CN(CC[NH+]([O-])CCO[C@@H]1OCCCC12CC2)CC(=O)NCCO[C@@H]1O[C@H](CO)C[C@H](O)[C@@H]1O. The predicted octanol–water partition coefficient (Wildman–Crippen LogP) is -2.62. The van der Waals surface area contributed by atoms with Gasteiger partial charge in [0.15, 0.2) is 12.6 Å². The number of ether oxygens (including phenoxy) is 4. The highest BCUT2D eigenvalue weighted by Crippen LogP contribution is 2.55. The van der Waals surface area contributed by atoms with Crippen molar-refractivity contribution in [2.24, 2.45) is 5.41 Å².